The van der Waals surface area contributed by atoms with Gasteiger partial charge in [-0.15, -0.1) is 0 Å². The topological polar surface area (TPSA) is 21.3 Å². The van der Waals surface area contributed by atoms with E-state index in [1.807, 2.05) is 12.1 Å². The molecule has 0 atom stereocenters. The Balaban J connectivity index is 1.77. The van der Waals surface area contributed by atoms with Gasteiger partial charge in [0.2, 0.25) is 0 Å². The Morgan fingerprint density at radius 3 is 2.42 bits per heavy atom. The van der Waals surface area contributed by atoms with Crippen molar-refractivity contribution in [2.75, 3.05) is 18.5 Å². The summed E-state index contributed by atoms with van der Waals surface area (Å²) in [5.74, 6) is 0.654. The molecule has 19 heavy (non-hydrogen) atoms. The molecule has 0 amide bonds. The highest BCUT2D eigenvalue weighted by Crippen LogP contribution is 2.16. The van der Waals surface area contributed by atoms with Crippen LogP contribution in [0.2, 0.25) is 0 Å². The molecule has 100 valence electrons. The van der Waals surface area contributed by atoms with E-state index in [2.05, 4.69) is 25.2 Å². The van der Waals surface area contributed by atoms with Gasteiger partial charge in [0.25, 0.3) is 0 Å². The van der Waals surface area contributed by atoms with E-state index in [0.29, 0.717) is 13.2 Å². The van der Waals surface area contributed by atoms with Gasteiger partial charge in [0.1, 0.15) is 18.2 Å². The lowest BCUT2D eigenvalue weighted by atomic mass is 10.1. The fraction of sp³-hybridized carbons (Fsp3) is 0.250. The molecule has 2 rings (SSSR count). The van der Waals surface area contributed by atoms with Gasteiger partial charge in [0.15, 0.2) is 0 Å². The SMILES string of the molecule is Cc1ccc(OCCNc2ccc(F)cc2)cc1C. The van der Waals surface area contributed by atoms with Crippen LogP contribution in [0.25, 0.3) is 0 Å². The molecular weight excluding hydrogens is 241 g/mol. The zero-order chi connectivity index (χ0) is 13.7. The van der Waals surface area contributed by atoms with Crippen LogP contribution in [0.1, 0.15) is 11.1 Å². The van der Waals surface area contributed by atoms with E-state index >= 15 is 0 Å². The summed E-state index contributed by atoms with van der Waals surface area (Å²) in [7, 11) is 0. The number of aryl methyl sites for hydroxylation is 2. The third-order valence-corrected chi connectivity index (χ3v) is 3.02. The number of hydrogen-bond donors (Lipinski definition) is 1. The van der Waals surface area contributed by atoms with Crippen molar-refractivity contribution in [2.24, 2.45) is 0 Å². The zero-order valence-corrected chi connectivity index (χ0v) is 11.2. The summed E-state index contributed by atoms with van der Waals surface area (Å²) in [6, 6.07) is 12.4. The smallest absolute Gasteiger partial charge is 0.123 e. The van der Waals surface area contributed by atoms with E-state index in [9.17, 15) is 4.39 Å². The summed E-state index contributed by atoms with van der Waals surface area (Å²) in [5.41, 5.74) is 3.38. The Bertz CT molecular complexity index is 537. The number of ether oxygens (including phenoxy) is 1. The van der Waals surface area contributed by atoms with Crippen LogP contribution in [0.4, 0.5) is 10.1 Å². The van der Waals surface area contributed by atoms with Crippen LogP contribution < -0.4 is 10.1 Å². The summed E-state index contributed by atoms with van der Waals surface area (Å²) in [6.45, 7) is 5.40. The first-order valence-corrected chi connectivity index (χ1v) is 6.34. The van der Waals surface area contributed by atoms with Gasteiger partial charge >= 0.3 is 0 Å². The molecule has 3 heteroatoms. The van der Waals surface area contributed by atoms with Gasteiger partial charge in [-0.25, -0.2) is 4.39 Å². The van der Waals surface area contributed by atoms with Crippen molar-refractivity contribution in [1.82, 2.24) is 0 Å². The lowest BCUT2D eigenvalue weighted by Crippen LogP contribution is -2.11. The molecule has 2 aromatic rings. The summed E-state index contributed by atoms with van der Waals surface area (Å²) in [6.07, 6.45) is 0. The van der Waals surface area contributed by atoms with Gasteiger partial charge in [0.05, 0.1) is 0 Å². The zero-order valence-electron chi connectivity index (χ0n) is 11.2. The standard InChI is InChI=1S/C16H18FNO/c1-12-3-8-16(11-13(12)2)19-10-9-18-15-6-4-14(17)5-7-15/h3-8,11,18H,9-10H2,1-2H3. The average molecular weight is 259 g/mol. The molecule has 0 aromatic heterocycles. The molecule has 2 nitrogen and oxygen atoms in total. The van der Waals surface area contributed by atoms with Gasteiger partial charge in [-0.1, -0.05) is 6.07 Å². The third-order valence-electron chi connectivity index (χ3n) is 3.02. The van der Waals surface area contributed by atoms with Gasteiger partial charge in [-0.3, -0.25) is 0 Å². The Labute approximate surface area is 113 Å². The van der Waals surface area contributed by atoms with Crippen LogP contribution in [0.3, 0.4) is 0 Å². The van der Waals surface area contributed by atoms with Crippen molar-refractivity contribution in [3.63, 3.8) is 0 Å². The summed E-state index contributed by atoms with van der Waals surface area (Å²) in [4.78, 5) is 0. The van der Waals surface area contributed by atoms with E-state index in [1.54, 1.807) is 12.1 Å². The molecule has 2 aromatic carbocycles. The molecule has 0 unspecified atom stereocenters. The Kier molecular flexibility index (Phi) is 4.39. The van der Waals surface area contributed by atoms with E-state index in [0.717, 1.165) is 11.4 Å². The van der Waals surface area contributed by atoms with E-state index in [4.69, 9.17) is 4.74 Å². The number of nitrogens with one attached hydrogen (secondary N) is 1. The van der Waals surface area contributed by atoms with Crippen molar-refractivity contribution in [1.29, 1.82) is 0 Å². The molecule has 0 saturated carbocycles. The first-order chi connectivity index (χ1) is 9.15. The van der Waals surface area contributed by atoms with Crippen LogP contribution in [-0.2, 0) is 0 Å². The summed E-state index contributed by atoms with van der Waals surface area (Å²) in [5, 5.41) is 3.18. The predicted octanol–water partition coefficient (Wildman–Crippen LogP) is 3.93. The summed E-state index contributed by atoms with van der Waals surface area (Å²) >= 11 is 0. The fourth-order valence-corrected chi connectivity index (χ4v) is 1.74. The molecule has 0 aliphatic rings. The van der Waals surface area contributed by atoms with Gasteiger partial charge in [0, 0.05) is 12.2 Å². The summed E-state index contributed by atoms with van der Waals surface area (Å²) < 4.78 is 18.4. The van der Waals surface area contributed by atoms with E-state index in [-0.39, 0.29) is 5.82 Å². The molecule has 0 spiro atoms. The molecule has 0 fully saturated rings. The molecule has 0 saturated heterocycles. The quantitative estimate of drug-likeness (QED) is 0.821. The number of benzene rings is 2. The molecule has 0 aliphatic carbocycles. The minimum Gasteiger partial charge on any atom is -0.492 e. The van der Waals surface area contributed by atoms with Crippen LogP contribution in [0.15, 0.2) is 42.5 Å². The Morgan fingerprint density at radius 2 is 1.74 bits per heavy atom. The third kappa shape index (κ3) is 3.98. The second-order valence-electron chi connectivity index (χ2n) is 4.53. The normalized spacial score (nSPS) is 10.3. The lowest BCUT2D eigenvalue weighted by Gasteiger charge is -2.10. The monoisotopic (exact) mass is 259 g/mol. The maximum absolute atomic E-state index is 12.7. The minimum absolute atomic E-state index is 0.225. The largest absolute Gasteiger partial charge is 0.492 e. The number of rotatable bonds is 5. The van der Waals surface area contributed by atoms with Crippen molar-refractivity contribution in [3.8, 4) is 5.75 Å². The molecule has 0 heterocycles. The molecule has 0 bridgehead atoms. The number of halogens is 1. The van der Waals surface area contributed by atoms with Crippen molar-refractivity contribution < 1.29 is 9.13 Å². The van der Waals surface area contributed by atoms with E-state index < -0.39 is 0 Å². The second kappa shape index (κ2) is 6.23. The Morgan fingerprint density at radius 1 is 1.00 bits per heavy atom. The van der Waals surface area contributed by atoms with Crippen LogP contribution in [0.5, 0.6) is 5.75 Å². The average Bonchev–Trinajstić information content (AvgIpc) is 2.41. The molecule has 0 radical (unpaired) electrons. The van der Waals surface area contributed by atoms with Crippen LogP contribution in [0, 0.1) is 19.7 Å². The molecule has 0 aliphatic heterocycles. The molecule has 1 N–H and O–H groups in total. The number of anilines is 1. The van der Waals surface area contributed by atoms with Gasteiger partial charge in [-0.05, 0) is 61.4 Å². The number of hydrogen-bond acceptors (Lipinski definition) is 2. The minimum atomic E-state index is -0.225. The maximum atomic E-state index is 12.7. The first-order valence-electron chi connectivity index (χ1n) is 6.34. The predicted molar refractivity (Wildman–Crippen MR) is 76.3 cm³/mol. The van der Waals surface area contributed by atoms with Gasteiger partial charge in [-0.2, -0.15) is 0 Å². The lowest BCUT2D eigenvalue weighted by molar-refractivity contribution is 0.332. The highest BCUT2D eigenvalue weighted by Gasteiger charge is 1.97. The van der Waals surface area contributed by atoms with E-state index in [1.165, 1.54) is 23.3 Å². The van der Waals surface area contributed by atoms with Crippen LogP contribution >= 0.6 is 0 Å². The highest BCUT2D eigenvalue weighted by molar-refractivity contribution is 5.42. The second-order valence-corrected chi connectivity index (χ2v) is 4.53. The van der Waals surface area contributed by atoms with Gasteiger partial charge < -0.3 is 10.1 Å². The maximum Gasteiger partial charge on any atom is 0.123 e. The van der Waals surface area contributed by atoms with Crippen molar-refractivity contribution >= 4 is 5.69 Å². The van der Waals surface area contributed by atoms with Crippen LogP contribution in [-0.4, -0.2) is 13.2 Å². The first kappa shape index (κ1) is 13.4. The Hall–Kier alpha value is -2.03. The van der Waals surface area contributed by atoms with Crippen molar-refractivity contribution in [3.05, 3.63) is 59.4 Å². The van der Waals surface area contributed by atoms with Crippen molar-refractivity contribution in [2.45, 2.75) is 13.8 Å². The molecular formula is C16H18FNO. The fourth-order valence-electron chi connectivity index (χ4n) is 1.74. The highest BCUT2D eigenvalue weighted by atomic mass is 19.1.